The van der Waals surface area contributed by atoms with Gasteiger partial charge in [0, 0.05) is 6.92 Å². The van der Waals surface area contributed by atoms with E-state index in [4.69, 9.17) is 0 Å². The van der Waals surface area contributed by atoms with E-state index in [2.05, 4.69) is 15.2 Å². The lowest BCUT2D eigenvalue weighted by atomic mass is 10.8. The molecule has 1 amide bonds. The van der Waals surface area contributed by atoms with Crippen LogP contribution in [0.25, 0.3) is 0 Å². The van der Waals surface area contributed by atoms with Gasteiger partial charge in [0.25, 0.3) is 10.0 Å². The molecule has 2 N–H and O–H groups in total. The Morgan fingerprint density at radius 2 is 2.06 bits per heavy atom. The van der Waals surface area contributed by atoms with Crippen molar-refractivity contribution >= 4 is 27.3 Å². The topological polar surface area (TPSA) is 107 Å². The maximum Gasteiger partial charge on any atom is 0.507 e. The van der Waals surface area contributed by atoms with Crippen LogP contribution in [0, 0.1) is 0 Å². The maximum absolute atomic E-state index is 12.4. The van der Waals surface area contributed by atoms with Crippen molar-refractivity contribution in [3.05, 3.63) is 4.80 Å². The molecular formula is C5H5F3N4O3S2. The van der Waals surface area contributed by atoms with Gasteiger partial charge >= 0.3 is 6.30 Å². The second kappa shape index (κ2) is 4.19. The maximum atomic E-state index is 12.4. The molecule has 7 nitrogen and oxygen atoms in total. The highest BCUT2D eigenvalue weighted by Crippen LogP contribution is 2.20. The van der Waals surface area contributed by atoms with E-state index < -0.39 is 36.1 Å². The van der Waals surface area contributed by atoms with Crippen LogP contribution in [0.15, 0.2) is 9.33 Å². The number of sulfonamides is 1. The smallest absolute Gasteiger partial charge is 0.273 e. The van der Waals surface area contributed by atoms with Crippen LogP contribution >= 0.6 is 11.3 Å². The third-order valence-corrected chi connectivity index (χ3v) is 3.50. The molecule has 0 saturated carbocycles. The molecule has 0 unspecified atom stereocenters. The Morgan fingerprint density at radius 3 is 2.41 bits per heavy atom. The minimum atomic E-state index is -4.99. The molecule has 0 fully saturated rings. The highest BCUT2D eigenvalue weighted by molar-refractivity contribution is 7.91. The van der Waals surface area contributed by atoms with Crippen molar-refractivity contribution in [1.29, 1.82) is 0 Å². The van der Waals surface area contributed by atoms with Crippen LogP contribution < -0.4 is 9.94 Å². The summed E-state index contributed by atoms with van der Waals surface area (Å²) in [6.07, 6.45) is -4.99. The summed E-state index contributed by atoms with van der Waals surface area (Å²) in [5, 5.41) is 7.38. The molecule has 96 valence electrons. The van der Waals surface area contributed by atoms with Gasteiger partial charge in [0.15, 0.2) is 0 Å². The summed E-state index contributed by atoms with van der Waals surface area (Å²) in [5.41, 5.74) is 0. The van der Waals surface area contributed by atoms with Gasteiger partial charge in [-0.25, -0.2) is 13.6 Å². The number of amides is 1. The van der Waals surface area contributed by atoms with Crippen molar-refractivity contribution in [2.45, 2.75) is 17.6 Å². The minimum Gasteiger partial charge on any atom is -0.273 e. The second-order valence-corrected chi connectivity index (χ2v) is 5.40. The van der Waals surface area contributed by atoms with E-state index in [-0.39, 0.29) is 11.3 Å². The van der Waals surface area contributed by atoms with Crippen LogP contribution in [0.5, 0.6) is 0 Å². The Balaban J connectivity index is 3.60. The Morgan fingerprint density at radius 1 is 1.53 bits per heavy atom. The van der Waals surface area contributed by atoms with Crippen molar-refractivity contribution in [3.63, 3.8) is 0 Å². The number of nitrogens with zero attached hydrogens (tertiary/aromatic N) is 3. The van der Waals surface area contributed by atoms with Gasteiger partial charge in [0.2, 0.25) is 15.0 Å². The largest absolute Gasteiger partial charge is 0.507 e. The van der Waals surface area contributed by atoms with Crippen LogP contribution in [-0.4, -0.2) is 24.1 Å². The Hall–Kier alpha value is -1.27. The standard InChI is InChI=1S/C5H5F3N4O3S2/c1-2(13)10-3-12(5(6,7)8)11-4(16-3)17(9,14)15/h1H3,(H2,9,14,15). The first-order valence-electron chi connectivity index (χ1n) is 3.77. The van der Waals surface area contributed by atoms with Gasteiger partial charge < -0.3 is 0 Å². The molecule has 1 heterocycles. The minimum absolute atomic E-state index is 0.0530. The zero-order chi connectivity index (χ0) is 13.4. The summed E-state index contributed by atoms with van der Waals surface area (Å²) in [6.45, 7) is 0.914. The average Bonchev–Trinajstić information content (AvgIpc) is 2.44. The lowest BCUT2D eigenvalue weighted by molar-refractivity contribution is -0.215. The Kier molecular flexibility index (Phi) is 3.40. The van der Waals surface area contributed by atoms with E-state index in [1.807, 2.05) is 0 Å². The van der Waals surface area contributed by atoms with Crippen LogP contribution in [0.2, 0.25) is 0 Å². The third kappa shape index (κ3) is 3.34. The molecule has 0 aliphatic carbocycles. The Bertz CT molecular complexity index is 611. The average molecular weight is 290 g/mol. The number of nitrogens with two attached hydrogens (primary N) is 1. The van der Waals surface area contributed by atoms with E-state index >= 15 is 0 Å². The second-order valence-electron chi connectivity index (χ2n) is 2.71. The van der Waals surface area contributed by atoms with Gasteiger partial charge in [0.1, 0.15) is 0 Å². The van der Waals surface area contributed by atoms with E-state index in [1.54, 1.807) is 0 Å². The number of aromatic nitrogens is 2. The highest BCUT2D eigenvalue weighted by Gasteiger charge is 2.35. The summed E-state index contributed by atoms with van der Waals surface area (Å²) in [5.74, 6) is -0.924. The van der Waals surface area contributed by atoms with Crippen molar-refractivity contribution in [3.8, 4) is 0 Å². The zero-order valence-electron chi connectivity index (χ0n) is 8.09. The molecule has 0 radical (unpaired) electrons. The van der Waals surface area contributed by atoms with E-state index in [0.717, 1.165) is 6.92 Å². The fraction of sp³-hybridized carbons (Fsp3) is 0.400. The first-order chi connectivity index (χ1) is 7.51. The molecule has 1 aromatic heterocycles. The number of primary sulfonamides is 1. The molecule has 0 spiro atoms. The summed E-state index contributed by atoms with van der Waals surface area (Å²) < 4.78 is 57.3. The third-order valence-electron chi connectivity index (χ3n) is 1.28. The number of alkyl halides is 3. The molecular weight excluding hydrogens is 285 g/mol. The van der Waals surface area contributed by atoms with Crippen molar-refractivity contribution in [2.75, 3.05) is 0 Å². The first-order valence-corrected chi connectivity index (χ1v) is 6.13. The molecule has 0 aromatic carbocycles. The number of rotatable bonds is 1. The number of halogens is 3. The lowest BCUT2D eigenvalue weighted by Crippen LogP contribution is -2.29. The zero-order valence-corrected chi connectivity index (χ0v) is 9.73. The fourth-order valence-corrected chi connectivity index (χ4v) is 2.32. The van der Waals surface area contributed by atoms with Crippen LogP contribution in [0.3, 0.4) is 0 Å². The highest BCUT2D eigenvalue weighted by atomic mass is 32.2. The van der Waals surface area contributed by atoms with Crippen LogP contribution in [-0.2, 0) is 21.1 Å². The van der Waals surface area contributed by atoms with Gasteiger partial charge in [-0.3, -0.25) is 4.79 Å². The van der Waals surface area contributed by atoms with E-state index in [1.165, 1.54) is 0 Å². The molecule has 1 rings (SSSR count). The predicted octanol–water partition coefficient (Wildman–Crippen LogP) is -0.484. The summed E-state index contributed by atoms with van der Waals surface area (Å²) in [6, 6.07) is 0. The predicted molar refractivity (Wildman–Crippen MR) is 49.0 cm³/mol. The number of carbonyl (C=O) groups excluding carboxylic acids is 1. The van der Waals surface area contributed by atoms with Crippen molar-refractivity contribution < 1.29 is 26.4 Å². The number of hydrogen-bond acceptors (Lipinski definition) is 5. The van der Waals surface area contributed by atoms with Crippen molar-refractivity contribution in [1.82, 2.24) is 9.78 Å². The molecule has 0 saturated heterocycles. The Labute approximate surface area is 96.4 Å². The fourth-order valence-electron chi connectivity index (χ4n) is 0.751. The summed E-state index contributed by atoms with van der Waals surface area (Å²) in [7, 11) is -4.39. The van der Waals surface area contributed by atoms with E-state index in [9.17, 15) is 26.4 Å². The van der Waals surface area contributed by atoms with E-state index in [0.29, 0.717) is 0 Å². The summed E-state index contributed by atoms with van der Waals surface area (Å²) >= 11 is 0.0530. The lowest BCUT2D eigenvalue weighted by Gasteiger charge is -2.03. The van der Waals surface area contributed by atoms with Crippen LogP contribution in [0.4, 0.5) is 13.2 Å². The van der Waals surface area contributed by atoms with Gasteiger partial charge in [-0.1, -0.05) is 11.3 Å². The molecule has 0 aliphatic rings. The number of carbonyl (C=O) groups is 1. The van der Waals surface area contributed by atoms with Gasteiger partial charge in [-0.05, 0) is 0 Å². The molecule has 1 aromatic rings. The van der Waals surface area contributed by atoms with Gasteiger partial charge in [-0.15, -0.1) is 23.0 Å². The monoisotopic (exact) mass is 290 g/mol. The van der Waals surface area contributed by atoms with Gasteiger partial charge in [-0.2, -0.15) is 4.99 Å². The first kappa shape index (κ1) is 13.8. The number of hydrogen-bond donors (Lipinski definition) is 1. The van der Waals surface area contributed by atoms with Gasteiger partial charge in [0.05, 0.1) is 0 Å². The SMILES string of the molecule is CC(=O)N=c1sc(S(N)(=O)=O)nn1C(F)(F)F. The molecule has 0 atom stereocenters. The molecule has 0 bridgehead atoms. The summed E-state index contributed by atoms with van der Waals surface area (Å²) in [4.78, 5) is 12.7. The normalized spacial score (nSPS) is 14.1. The molecule has 12 heteroatoms. The molecule has 0 aliphatic heterocycles. The van der Waals surface area contributed by atoms with Crippen LogP contribution in [0.1, 0.15) is 6.92 Å². The quantitative estimate of drug-likeness (QED) is 0.753. The molecule has 17 heavy (non-hydrogen) atoms. The van der Waals surface area contributed by atoms with Crippen molar-refractivity contribution in [2.24, 2.45) is 10.1 Å².